The summed E-state index contributed by atoms with van der Waals surface area (Å²) in [5, 5.41) is 8.72. The van der Waals surface area contributed by atoms with Gasteiger partial charge in [0.25, 0.3) is 0 Å². The number of benzene rings is 1. The van der Waals surface area contributed by atoms with E-state index in [1.165, 1.54) is 12.3 Å². The highest BCUT2D eigenvalue weighted by Gasteiger charge is 2.29. The molecule has 1 saturated carbocycles. The summed E-state index contributed by atoms with van der Waals surface area (Å²) in [5.74, 6) is 0.0922. The Kier molecular flexibility index (Phi) is 4.69. The van der Waals surface area contributed by atoms with Crippen LogP contribution in [-0.4, -0.2) is 29.5 Å². The van der Waals surface area contributed by atoms with Crippen LogP contribution in [0.4, 0.5) is 4.39 Å². The third-order valence-electron chi connectivity index (χ3n) is 5.58. The summed E-state index contributed by atoms with van der Waals surface area (Å²) in [4.78, 5) is 21.2. The number of rotatable bonds is 5. The molecule has 0 spiro atoms. The minimum Gasteiger partial charge on any atom is -0.288 e. The van der Waals surface area contributed by atoms with Crippen LogP contribution in [0.15, 0.2) is 59.9 Å². The van der Waals surface area contributed by atoms with E-state index in [2.05, 4.69) is 20.2 Å². The molecule has 8 heteroatoms. The fraction of sp³-hybridized carbons (Fsp3) is 0.261. The number of aryl methyl sites for hydroxylation is 1. The van der Waals surface area contributed by atoms with Crippen molar-refractivity contribution in [2.45, 2.75) is 31.6 Å². The van der Waals surface area contributed by atoms with E-state index >= 15 is 0 Å². The maximum Gasteiger partial charge on any atom is 0.203 e. The van der Waals surface area contributed by atoms with E-state index < -0.39 is 0 Å². The molecule has 0 radical (unpaired) electrons. The Balaban J connectivity index is 1.50. The normalized spacial score (nSPS) is 14.5. The van der Waals surface area contributed by atoms with Crippen molar-refractivity contribution in [2.24, 2.45) is 7.05 Å². The molecule has 0 aliphatic heterocycles. The largest absolute Gasteiger partial charge is 0.288 e. The van der Waals surface area contributed by atoms with E-state index in [9.17, 15) is 9.18 Å². The molecule has 1 aliphatic carbocycles. The van der Waals surface area contributed by atoms with Gasteiger partial charge in [0.1, 0.15) is 11.4 Å². The molecule has 3 aromatic heterocycles. The van der Waals surface area contributed by atoms with Gasteiger partial charge in [-0.15, -0.1) is 0 Å². The van der Waals surface area contributed by atoms with Crippen LogP contribution in [0.25, 0.3) is 17.1 Å². The second-order valence-corrected chi connectivity index (χ2v) is 7.93. The van der Waals surface area contributed by atoms with Crippen molar-refractivity contribution in [3.05, 3.63) is 88.1 Å². The summed E-state index contributed by atoms with van der Waals surface area (Å²) in [6.07, 6.45) is 8.33. The molecule has 0 bridgehead atoms. The third kappa shape index (κ3) is 3.76. The van der Waals surface area contributed by atoms with Crippen molar-refractivity contribution >= 4 is 0 Å². The zero-order chi connectivity index (χ0) is 21.5. The van der Waals surface area contributed by atoms with Crippen molar-refractivity contribution in [2.75, 3.05) is 0 Å². The van der Waals surface area contributed by atoms with Gasteiger partial charge in [-0.25, -0.2) is 19.0 Å². The molecule has 3 heterocycles. The van der Waals surface area contributed by atoms with Gasteiger partial charge in [-0.1, -0.05) is 25.1 Å². The zero-order valence-electron chi connectivity index (χ0n) is 17.2. The molecule has 1 atom stereocenters. The summed E-state index contributed by atoms with van der Waals surface area (Å²) >= 11 is 0. The summed E-state index contributed by atoms with van der Waals surface area (Å²) in [5.41, 5.74) is 3.26. The monoisotopic (exact) mass is 416 g/mol. The number of aromatic nitrogens is 6. The van der Waals surface area contributed by atoms with Gasteiger partial charge in [0.15, 0.2) is 11.6 Å². The second-order valence-electron chi connectivity index (χ2n) is 7.93. The van der Waals surface area contributed by atoms with Gasteiger partial charge in [-0.2, -0.15) is 10.2 Å². The molecule has 1 unspecified atom stereocenters. The Morgan fingerprint density at radius 2 is 2.03 bits per heavy atom. The van der Waals surface area contributed by atoms with Crippen LogP contribution < -0.4 is 5.43 Å². The maximum absolute atomic E-state index is 14.1. The van der Waals surface area contributed by atoms with Crippen LogP contribution in [-0.2, 0) is 7.05 Å². The average Bonchev–Trinajstić information content (AvgIpc) is 3.54. The first-order chi connectivity index (χ1) is 15.0. The quantitative estimate of drug-likeness (QED) is 0.497. The molecule has 31 heavy (non-hydrogen) atoms. The zero-order valence-corrected chi connectivity index (χ0v) is 17.2. The lowest BCUT2D eigenvalue weighted by atomic mass is 9.95. The first-order valence-electron chi connectivity index (χ1n) is 10.2. The Morgan fingerprint density at radius 3 is 2.77 bits per heavy atom. The van der Waals surface area contributed by atoms with E-state index in [0.717, 1.165) is 29.7 Å². The van der Waals surface area contributed by atoms with Gasteiger partial charge in [-0.05, 0) is 24.5 Å². The Hall–Kier alpha value is -3.68. The SMILES string of the molecule is CC(c1cccc(-c2ncc(F)c(C3CC3)n2)c1)c1nn(-c2cnn(C)c2)ccc1=O. The Labute approximate surface area is 178 Å². The third-order valence-corrected chi connectivity index (χ3v) is 5.58. The molecule has 5 rings (SSSR count). The highest BCUT2D eigenvalue weighted by atomic mass is 19.1. The molecule has 1 aliphatic rings. The molecule has 1 aromatic carbocycles. The van der Waals surface area contributed by atoms with Crippen LogP contribution in [0.3, 0.4) is 0 Å². The fourth-order valence-electron chi connectivity index (χ4n) is 3.66. The highest BCUT2D eigenvalue weighted by Crippen LogP contribution is 2.40. The predicted octanol–water partition coefficient (Wildman–Crippen LogP) is 3.59. The molecule has 0 amide bonds. The van der Waals surface area contributed by atoms with E-state index in [4.69, 9.17) is 0 Å². The van der Waals surface area contributed by atoms with Gasteiger partial charge < -0.3 is 0 Å². The summed E-state index contributed by atoms with van der Waals surface area (Å²) < 4.78 is 17.4. The molecule has 4 aromatic rings. The lowest BCUT2D eigenvalue weighted by Gasteiger charge is -2.14. The average molecular weight is 416 g/mol. The summed E-state index contributed by atoms with van der Waals surface area (Å²) in [6, 6.07) is 9.19. The van der Waals surface area contributed by atoms with Crippen molar-refractivity contribution in [1.82, 2.24) is 29.5 Å². The fourth-order valence-corrected chi connectivity index (χ4v) is 3.66. The molecular formula is C23H21FN6O. The topological polar surface area (TPSA) is 78.5 Å². The van der Waals surface area contributed by atoms with E-state index in [1.54, 1.807) is 21.8 Å². The van der Waals surface area contributed by atoms with Crippen LogP contribution in [0.2, 0.25) is 0 Å². The van der Waals surface area contributed by atoms with E-state index in [1.807, 2.05) is 44.4 Å². The van der Waals surface area contributed by atoms with Crippen LogP contribution in [0.5, 0.6) is 0 Å². The van der Waals surface area contributed by atoms with Crippen LogP contribution in [0.1, 0.15) is 48.6 Å². The molecule has 0 N–H and O–H groups in total. The molecule has 0 saturated heterocycles. The van der Waals surface area contributed by atoms with Gasteiger partial charge in [0.05, 0.1) is 24.3 Å². The number of halogens is 1. The summed E-state index contributed by atoms with van der Waals surface area (Å²) in [6.45, 7) is 1.94. The smallest absolute Gasteiger partial charge is 0.203 e. The van der Waals surface area contributed by atoms with Gasteiger partial charge in [-0.3, -0.25) is 9.48 Å². The minimum atomic E-state index is -0.347. The Bertz CT molecular complexity index is 1320. The van der Waals surface area contributed by atoms with Crippen molar-refractivity contribution in [1.29, 1.82) is 0 Å². The van der Waals surface area contributed by atoms with Crippen LogP contribution >= 0.6 is 0 Å². The van der Waals surface area contributed by atoms with Gasteiger partial charge >= 0.3 is 0 Å². The molecule has 156 valence electrons. The first-order valence-corrected chi connectivity index (χ1v) is 10.2. The summed E-state index contributed by atoms with van der Waals surface area (Å²) in [7, 11) is 1.83. The highest BCUT2D eigenvalue weighted by molar-refractivity contribution is 5.57. The molecule has 7 nitrogen and oxygen atoms in total. The number of nitrogens with zero attached hydrogens (tertiary/aromatic N) is 6. The number of hydrogen-bond acceptors (Lipinski definition) is 5. The van der Waals surface area contributed by atoms with Crippen molar-refractivity contribution in [3.8, 4) is 17.1 Å². The van der Waals surface area contributed by atoms with Crippen molar-refractivity contribution in [3.63, 3.8) is 0 Å². The van der Waals surface area contributed by atoms with Crippen LogP contribution in [0, 0.1) is 5.82 Å². The maximum atomic E-state index is 14.1. The Morgan fingerprint density at radius 1 is 1.19 bits per heavy atom. The van der Waals surface area contributed by atoms with Crippen molar-refractivity contribution < 1.29 is 4.39 Å². The van der Waals surface area contributed by atoms with E-state index in [0.29, 0.717) is 17.2 Å². The molecule has 1 fully saturated rings. The minimum absolute atomic E-state index is 0.132. The lowest BCUT2D eigenvalue weighted by molar-refractivity contribution is 0.592. The molecular weight excluding hydrogens is 395 g/mol. The number of hydrogen-bond donors (Lipinski definition) is 0. The standard InChI is InChI=1S/C23H21FN6O/c1-14(21-20(31)8-9-30(28-21)18-11-26-29(2)13-18)16-4-3-5-17(10-16)23-25-12-19(24)22(27-23)15-6-7-15/h3-5,8-15H,6-7H2,1-2H3. The predicted molar refractivity (Wildman–Crippen MR) is 114 cm³/mol. The van der Waals surface area contributed by atoms with E-state index in [-0.39, 0.29) is 23.1 Å². The van der Waals surface area contributed by atoms with Gasteiger partial charge in [0.2, 0.25) is 5.43 Å². The lowest BCUT2D eigenvalue weighted by Crippen LogP contribution is -2.18. The second kappa shape index (κ2) is 7.54. The first kappa shape index (κ1) is 19.3. The van der Waals surface area contributed by atoms with Gasteiger partial charge in [0, 0.05) is 36.7 Å².